The van der Waals surface area contributed by atoms with E-state index < -0.39 is 10.0 Å². The Kier molecular flexibility index (Phi) is 7.88. The van der Waals surface area contributed by atoms with E-state index in [2.05, 4.69) is 17.1 Å². The van der Waals surface area contributed by atoms with Gasteiger partial charge in [0.1, 0.15) is 0 Å². The minimum absolute atomic E-state index is 0.0604. The Morgan fingerprint density at radius 1 is 0.971 bits per heavy atom. The van der Waals surface area contributed by atoms with Crippen LogP contribution in [0, 0.1) is 0 Å². The molecule has 2 aliphatic heterocycles. The molecule has 1 N–H and O–H groups in total. The van der Waals surface area contributed by atoms with Crippen LogP contribution >= 0.6 is 0 Å². The number of piperidine rings is 1. The average Bonchev–Trinajstić information content (AvgIpc) is 2.86. The van der Waals surface area contributed by atoms with Crippen molar-refractivity contribution in [2.24, 2.45) is 0 Å². The third kappa shape index (κ3) is 6.09. The largest absolute Gasteiger partial charge is 0.340 e. The Morgan fingerprint density at radius 3 is 2.34 bits per heavy atom. The van der Waals surface area contributed by atoms with E-state index in [9.17, 15) is 18.0 Å². The fourth-order valence-corrected chi connectivity index (χ4v) is 6.18. The van der Waals surface area contributed by atoms with Gasteiger partial charge < -0.3 is 10.2 Å². The number of nitrogens with one attached hydrogen (secondary N) is 1. The van der Waals surface area contributed by atoms with Crippen molar-refractivity contribution in [2.75, 3.05) is 38.0 Å². The molecule has 0 aromatic heterocycles. The summed E-state index contributed by atoms with van der Waals surface area (Å²) in [5.74, 6) is -0.421. The van der Waals surface area contributed by atoms with E-state index in [-0.39, 0.29) is 35.4 Å². The zero-order chi connectivity index (χ0) is 25.0. The summed E-state index contributed by atoms with van der Waals surface area (Å²) in [6, 6.07) is 14.5. The predicted molar refractivity (Wildman–Crippen MR) is 136 cm³/mol. The highest BCUT2D eigenvalue weighted by molar-refractivity contribution is 7.89. The minimum atomic E-state index is -3.75. The van der Waals surface area contributed by atoms with E-state index >= 15 is 0 Å². The van der Waals surface area contributed by atoms with Gasteiger partial charge in [-0.25, -0.2) is 8.42 Å². The van der Waals surface area contributed by atoms with Crippen LogP contribution in [-0.4, -0.2) is 73.1 Å². The number of piperazine rings is 1. The lowest BCUT2D eigenvalue weighted by molar-refractivity contribution is -0.129. The van der Waals surface area contributed by atoms with Gasteiger partial charge in [-0.3, -0.25) is 14.5 Å². The molecular weight excluding hydrogens is 464 g/mol. The molecule has 0 bridgehead atoms. The van der Waals surface area contributed by atoms with Gasteiger partial charge in [-0.05, 0) is 62.2 Å². The number of carbonyl (C=O) groups is 2. The summed E-state index contributed by atoms with van der Waals surface area (Å²) in [5.41, 5.74) is 2.15. The molecule has 35 heavy (non-hydrogen) atoms. The lowest BCUT2D eigenvalue weighted by Gasteiger charge is -2.33. The van der Waals surface area contributed by atoms with Crippen LogP contribution in [0.25, 0.3) is 0 Å². The second-order valence-corrected chi connectivity index (χ2v) is 11.3. The average molecular weight is 499 g/mol. The van der Waals surface area contributed by atoms with Gasteiger partial charge >= 0.3 is 0 Å². The van der Waals surface area contributed by atoms with Gasteiger partial charge in [-0.15, -0.1) is 0 Å². The molecule has 0 saturated carbocycles. The molecule has 2 amide bonds. The SMILES string of the molecule is CC(=O)N1CCN(S(=O)(=O)c2cccc(C(=O)Nc3ccc(CN4CCCCC4C)cc3)c2)CC1. The summed E-state index contributed by atoms with van der Waals surface area (Å²) in [6.45, 7) is 6.97. The second-order valence-electron chi connectivity index (χ2n) is 9.40. The molecule has 188 valence electrons. The second kappa shape index (κ2) is 10.9. The first kappa shape index (κ1) is 25.3. The van der Waals surface area contributed by atoms with Crippen LogP contribution in [0.1, 0.15) is 49.0 Å². The number of hydrogen-bond acceptors (Lipinski definition) is 5. The number of anilines is 1. The topological polar surface area (TPSA) is 90.0 Å². The number of hydrogen-bond donors (Lipinski definition) is 1. The molecule has 0 spiro atoms. The van der Waals surface area contributed by atoms with Gasteiger partial charge in [0, 0.05) is 56.9 Å². The fourth-order valence-electron chi connectivity index (χ4n) is 4.71. The number of carbonyl (C=O) groups excluding carboxylic acids is 2. The molecule has 0 aliphatic carbocycles. The quantitative estimate of drug-likeness (QED) is 0.661. The van der Waals surface area contributed by atoms with E-state index in [4.69, 9.17) is 0 Å². The van der Waals surface area contributed by atoms with Crippen molar-refractivity contribution >= 4 is 27.5 Å². The lowest BCUT2D eigenvalue weighted by Crippen LogP contribution is -2.49. The summed E-state index contributed by atoms with van der Waals surface area (Å²) in [7, 11) is -3.75. The Hall–Kier alpha value is -2.75. The third-order valence-corrected chi connectivity index (χ3v) is 8.85. The lowest BCUT2D eigenvalue weighted by atomic mass is 10.0. The molecule has 2 aromatic rings. The summed E-state index contributed by atoms with van der Waals surface area (Å²) in [6.07, 6.45) is 3.76. The number of benzene rings is 2. The first-order chi connectivity index (χ1) is 16.7. The van der Waals surface area contributed by atoms with E-state index in [0.29, 0.717) is 24.8 Å². The molecule has 2 heterocycles. The molecule has 2 fully saturated rings. The smallest absolute Gasteiger partial charge is 0.255 e. The highest BCUT2D eigenvalue weighted by Crippen LogP contribution is 2.22. The Balaban J connectivity index is 1.39. The zero-order valence-corrected chi connectivity index (χ0v) is 21.3. The van der Waals surface area contributed by atoms with Crippen LogP contribution in [0.15, 0.2) is 53.4 Å². The molecule has 0 radical (unpaired) electrons. The van der Waals surface area contributed by atoms with Crippen LogP contribution in [0.3, 0.4) is 0 Å². The molecule has 9 heteroatoms. The molecule has 8 nitrogen and oxygen atoms in total. The molecule has 4 rings (SSSR count). The maximum absolute atomic E-state index is 13.1. The highest BCUT2D eigenvalue weighted by atomic mass is 32.2. The Morgan fingerprint density at radius 2 is 1.69 bits per heavy atom. The van der Waals surface area contributed by atoms with Crippen LogP contribution in [0.5, 0.6) is 0 Å². The van der Waals surface area contributed by atoms with Gasteiger partial charge in [0.15, 0.2) is 0 Å². The fraction of sp³-hybridized carbons (Fsp3) is 0.462. The number of nitrogens with zero attached hydrogens (tertiary/aromatic N) is 3. The van der Waals surface area contributed by atoms with Gasteiger partial charge in [0.25, 0.3) is 5.91 Å². The first-order valence-corrected chi connectivity index (χ1v) is 13.7. The number of sulfonamides is 1. The molecular formula is C26H34N4O4S. The monoisotopic (exact) mass is 498 g/mol. The number of rotatable bonds is 6. The minimum Gasteiger partial charge on any atom is -0.340 e. The molecule has 2 aromatic carbocycles. The molecule has 2 aliphatic rings. The van der Waals surface area contributed by atoms with Crippen molar-refractivity contribution < 1.29 is 18.0 Å². The summed E-state index contributed by atoms with van der Waals surface area (Å²) in [4.78, 5) is 28.6. The van der Waals surface area contributed by atoms with Gasteiger partial charge in [0.05, 0.1) is 4.90 Å². The zero-order valence-electron chi connectivity index (χ0n) is 20.4. The van der Waals surface area contributed by atoms with E-state index in [1.165, 1.54) is 48.2 Å². The van der Waals surface area contributed by atoms with Gasteiger partial charge in [0.2, 0.25) is 15.9 Å². The summed E-state index contributed by atoms with van der Waals surface area (Å²) >= 11 is 0. The molecule has 1 atom stereocenters. The van der Waals surface area contributed by atoms with E-state index in [0.717, 1.165) is 13.1 Å². The molecule has 1 unspecified atom stereocenters. The van der Waals surface area contributed by atoms with Gasteiger partial charge in [-0.1, -0.05) is 24.6 Å². The van der Waals surface area contributed by atoms with Crippen LogP contribution in [-0.2, 0) is 21.4 Å². The van der Waals surface area contributed by atoms with Crippen molar-refractivity contribution in [3.63, 3.8) is 0 Å². The maximum Gasteiger partial charge on any atom is 0.255 e. The van der Waals surface area contributed by atoms with E-state index in [1.54, 1.807) is 17.0 Å². The number of amides is 2. The van der Waals surface area contributed by atoms with Crippen molar-refractivity contribution in [3.8, 4) is 0 Å². The standard InChI is InChI=1S/C26H34N4O4S/c1-20-6-3-4-13-29(20)19-22-9-11-24(12-10-22)27-26(32)23-7-5-8-25(18-23)35(33,34)30-16-14-28(15-17-30)21(2)31/h5,7-12,18,20H,3-4,6,13-17,19H2,1-2H3,(H,27,32). The van der Waals surface area contributed by atoms with Crippen molar-refractivity contribution in [1.82, 2.24) is 14.1 Å². The third-order valence-electron chi connectivity index (χ3n) is 6.96. The highest BCUT2D eigenvalue weighted by Gasteiger charge is 2.29. The predicted octanol–water partition coefficient (Wildman–Crippen LogP) is 3.17. The Labute approximate surface area is 207 Å². The van der Waals surface area contributed by atoms with Crippen molar-refractivity contribution in [2.45, 2.75) is 50.6 Å². The molecule has 2 saturated heterocycles. The van der Waals surface area contributed by atoms with Crippen molar-refractivity contribution in [1.29, 1.82) is 0 Å². The summed E-state index contributed by atoms with van der Waals surface area (Å²) < 4.78 is 27.6. The van der Waals surface area contributed by atoms with Crippen LogP contribution < -0.4 is 5.32 Å². The Bertz CT molecular complexity index is 1160. The van der Waals surface area contributed by atoms with Crippen LogP contribution in [0.4, 0.5) is 5.69 Å². The maximum atomic E-state index is 13.1. The number of likely N-dealkylation sites (tertiary alicyclic amines) is 1. The summed E-state index contributed by atoms with van der Waals surface area (Å²) in [5, 5.41) is 2.87. The van der Waals surface area contributed by atoms with Gasteiger partial charge in [-0.2, -0.15) is 4.31 Å². The van der Waals surface area contributed by atoms with Crippen LogP contribution in [0.2, 0.25) is 0 Å². The first-order valence-electron chi connectivity index (χ1n) is 12.2. The normalized spacial score (nSPS) is 19.9. The van der Waals surface area contributed by atoms with Crippen molar-refractivity contribution in [3.05, 3.63) is 59.7 Å². The van der Waals surface area contributed by atoms with E-state index in [1.807, 2.05) is 24.3 Å².